The Morgan fingerprint density at radius 3 is 2.61 bits per heavy atom. The first-order valence-corrected chi connectivity index (χ1v) is 8.89. The summed E-state index contributed by atoms with van der Waals surface area (Å²) in [7, 11) is 0. The van der Waals surface area contributed by atoms with E-state index in [4.69, 9.17) is 16.3 Å². The van der Waals surface area contributed by atoms with E-state index in [1.807, 2.05) is 6.92 Å². The molecule has 0 aromatic heterocycles. The quantitative estimate of drug-likeness (QED) is 0.466. The Kier molecular flexibility index (Phi) is 5.74. The molecule has 2 N–H and O–H groups in total. The minimum Gasteiger partial charge on any atom is -0.453 e. The van der Waals surface area contributed by atoms with Crippen molar-refractivity contribution in [2.75, 3.05) is 12.5 Å². The molecule has 0 spiro atoms. The second-order valence-corrected chi connectivity index (χ2v) is 6.93. The van der Waals surface area contributed by atoms with Crippen LogP contribution in [-0.4, -0.2) is 40.6 Å². The third-order valence-corrected chi connectivity index (χ3v) is 5.43. The third-order valence-electron chi connectivity index (χ3n) is 5.22. The van der Waals surface area contributed by atoms with E-state index in [9.17, 15) is 14.7 Å². The molecule has 0 aromatic rings. The fraction of sp³-hybridized carbons (Fsp3) is 0.765. The molecule has 2 heterocycles. The summed E-state index contributed by atoms with van der Waals surface area (Å²) in [5.41, 5.74) is -2.15. The van der Waals surface area contributed by atoms with Crippen LogP contribution < -0.4 is 5.32 Å². The summed E-state index contributed by atoms with van der Waals surface area (Å²) >= 11 is 5.64. The van der Waals surface area contributed by atoms with E-state index in [0.717, 1.165) is 5.92 Å². The van der Waals surface area contributed by atoms with Gasteiger partial charge in [-0.15, -0.1) is 11.6 Å². The number of carbonyl (C=O) groups is 2. The molecule has 2 saturated heterocycles. The average molecular weight is 344 g/mol. The average Bonchev–Trinajstić information content (AvgIpc) is 2.74. The number of nitrogens with one attached hydrogen (secondary N) is 1. The summed E-state index contributed by atoms with van der Waals surface area (Å²) in [4.78, 5) is 23.3. The van der Waals surface area contributed by atoms with Crippen LogP contribution >= 0.6 is 11.6 Å². The van der Waals surface area contributed by atoms with Gasteiger partial charge >= 0.3 is 5.97 Å². The topological polar surface area (TPSA) is 75.6 Å². The summed E-state index contributed by atoms with van der Waals surface area (Å²) in [6.45, 7) is 3.68. The van der Waals surface area contributed by atoms with Crippen LogP contribution in [0.2, 0.25) is 0 Å². The van der Waals surface area contributed by atoms with Crippen molar-refractivity contribution in [1.29, 1.82) is 0 Å². The number of esters is 1. The molecule has 130 valence electrons. The standard InChI is InChI=1S/C10H14ClNO4.C7H12/c1-2-10-6(3-4-11)7(14)12-9(10,5-13)8(15)16-10;1-7-5-3-2-4-6-7/h6,13H,2-5H2,1H3,(H,12,14);3,5,7H,2,4,6H2,1H3/t6-,9-,10-;/m0./s1. The highest BCUT2D eigenvalue weighted by Crippen LogP contribution is 2.51. The van der Waals surface area contributed by atoms with E-state index in [2.05, 4.69) is 24.4 Å². The van der Waals surface area contributed by atoms with E-state index in [1.165, 1.54) is 19.3 Å². The zero-order valence-electron chi connectivity index (χ0n) is 13.8. The van der Waals surface area contributed by atoms with E-state index < -0.39 is 29.6 Å². The largest absolute Gasteiger partial charge is 0.453 e. The second kappa shape index (κ2) is 7.22. The number of aliphatic hydroxyl groups is 1. The maximum Gasteiger partial charge on any atom is 0.339 e. The van der Waals surface area contributed by atoms with Gasteiger partial charge in [0.2, 0.25) is 11.4 Å². The number of carbonyl (C=O) groups excluding carboxylic acids is 2. The van der Waals surface area contributed by atoms with Gasteiger partial charge in [-0.25, -0.2) is 4.79 Å². The van der Waals surface area contributed by atoms with Crippen molar-refractivity contribution >= 4 is 23.5 Å². The van der Waals surface area contributed by atoms with Gasteiger partial charge in [0.25, 0.3) is 0 Å². The van der Waals surface area contributed by atoms with Crippen LogP contribution in [0.5, 0.6) is 0 Å². The molecular weight excluding hydrogens is 318 g/mol. The Hall–Kier alpha value is -1.07. The maximum atomic E-state index is 11.8. The minimum absolute atomic E-state index is 0.262. The molecule has 1 unspecified atom stereocenters. The molecule has 23 heavy (non-hydrogen) atoms. The first-order valence-electron chi connectivity index (χ1n) is 8.36. The van der Waals surface area contributed by atoms with Crippen molar-refractivity contribution in [2.45, 2.75) is 57.1 Å². The second-order valence-electron chi connectivity index (χ2n) is 6.55. The first kappa shape index (κ1) is 18.3. The van der Waals surface area contributed by atoms with Crippen molar-refractivity contribution in [3.63, 3.8) is 0 Å². The molecule has 0 aromatic carbocycles. The maximum absolute atomic E-state index is 11.8. The molecule has 6 heteroatoms. The lowest BCUT2D eigenvalue weighted by molar-refractivity contribution is -0.231. The van der Waals surface area contributed by atoms with Crippen LogP contribution in [0.15, 0.2) is 12.2 Å². The summed E-state index contributed by atoms with van der Waals surface area (Å²) in [6.07, 6.45) is 9.63. The van der Waals surface area contributed by atoms with E-state index in [0.29, 0.717) is 18.7 Å². The molecule has 2 fully saturated rings. The predicted molar refractivity (Wildman–Crippen MR) is 88.1 cm³/mol. The zero-order chi connectivity index (χ0) is 17.1. The predicted octanol–water partition coefficient (Wildman–Crippen LogP) is 2.16. The lowest BCUT2D eigenvalue weighted by Crippen LogP contribution is -2.77. The van der Waals surface area contributed by atoms with Crippen molar-refractivity contribution < 1.29 is 19.4 Å². The molecule has 2 aliphatic heterocycles. The Morgan fingerprint density at radius 2 is 2.22 bits per heavy atom. The van der Waals surface area contributed by atoms with Crippen LogP contribution in [0.25, 0.3) is 0 Å². The number of hydrogen-bond acceptors (Lipinski definition) is 4. The van der Waals surface area contributed by atoms with Gasteiger partial charge in [-0.05, 0) is 38.0 Å². The first-order chi connectivity index (χ1) is 11.0. The normalized spacial score (nSPS) is 37.9. The number of aliphatic hydroxyl groups excluding tert-OH is 1. The number of allylic oxidation sites excluding steroid dienone is 2. The molecule has 3 aliphatic rings. The molecular formula is C17H26ClNO4. The Balaban J connectivity index is 0.000000229. The third kappa shape index (κ3) is 2.89. The van der Waals surface area contributed by atoms with Gasteiger partial charge in [-0.3, -0.25) is 4.79 Å². The van der Waals surface area contributed by atoms with E-state index in [1.54, 1.807) is 0 Å². The SMILES string of the molecule is CC1C=CCCC1.CC[C@@]12OC(=O)[C@]1(CO)NC(=O)[C@@H]2CCCl. The molecule has 1 aliphatic carbocycles. The van der Waals surface area contributed by atoms with E-state index in [-0.39, 0.29) is 5.91 Å². The van der Waals surface area contributed by atoms with Crippen molar-refractivity contribution in [1.82, 2.24) is 5.32 Å². The molecule has 1 amide bonds. The Bertz CT molecular complexity index is 495. The molecule has 3 rings (SSSR count). The highest BCUT2D eigenvalue weighted by atomic mass is 35.5. The van der Waals surface area contributed by atoms with Gasteiger partial charge in [0.05, 0.1) is 12.5 Å². The number of rotatable bonds is 4. The molecule has 0 bridgehead atoms. The number of amides is 1. The van der Waals surface area contributed by atoms with Crippen LogP contribution in [0.3, 0.4) is 0 Å². The van der Waals surface area contributed by atoms with Gasteiger partial charge in [0.15, 0.2) is 5.60 Å². The summed E-state index contributed by atoms with van der Waals surface area (Å²) < 4.78 is 5.19. The lowest BCUT2D eigenvalue weighted by Gasteiger charge is -2.52. The van der Waals surface area contributed by atoms with E-state index >= 15 is 0 Å². The van der Waals surface area contributed by atoms with Crippen molar-refractivity contribution in [3.8, 4) is 0 Å². The summed E-state index contributed by atoms with van der Waals surface area (Å²) in [6, 6.07) is 0. The number of alkyl halides is 1. The van der Waals surface area contributed by atoms with Crippen LogP contribution in [-0.2, 0) is 14.3 Å². The number of halogens is 1. The summed E-state index contributed by atoms with van der Waals surface area (Å²) in [5, 5.41) is 11.9. The smallest absolute Gasteiger partial charge is 0.339 e. The molecule has 4 atom stereocenters. The zero-order valence-corrected chi connectivity index (χ0v) is 14.6. The van der Waals surface area contributed by atoms with Gasteiger partial charge in [-0.2, -0.15) is 0 Å². The number of hydrogen-bond donors (Lipinski definition) is 2. The van der Waals surface area contributed by atoms with Crippen LogP contribution in [0.1, 0.15) is 46.0 Å². The van der Waals surface area contributed by atoms with Gasteiger partial charge in [-0.1, -0.05) is 26.0 Å². The van der Waals surface area contributed by atoms with Crippen molar-refractivity contribution in [3.05, 3.63) is 12.2 Å². The monoisotopic (exact) mass is 343 g/mol. The summed E-state index contributed by atoms with van der Waals surface area (Å²) in [5.74, 6) is -0.0999. The van der Waals surface area contributed by atoms with Gasteiger partial charge in [0, 0.05) is 5.88 Å². The minimum atomic E-state index is -1.24. The van der Waals surface area contributed by atoms with Crippen molar-refractivity contribution in [2.24, 2.45) is 11.8 Å². The Labute approximate surface area is 142 Å². The highest BCUT2D eigenvalue weighted by molar-refractivity contribution is 6.18. The lowest BCUT2D eigenvalue weighted by atomic mass is 9.68. The fourth-order valence-corrected chi connectivity index (χ4v) is 4.03. The molecule has 0 saturated carbocycles. The number of ether oxygens (including phenoxy) is 1. The molecule has 5 nitrogen and oxygen atoms in total. The highest BCUT2D eigenvalue weighted by Gasteiger charge is 2.77. The fourth-order valence-electron chi connectivity index (χ4n) is 3.81. The van der Waals surface area contributed by atoms with Crippen LogP contribution in [0.4, 0.5) is 0 Å². The number of fused-ring (bicyclic) bond motifs is 1. The molecule has 0 radical (unpaired) electrons. The Morgan fingerprint density at radius 1 is 1.48 bits per heavy atom. The van der Waals surface area contributed by atoms with Crippen LogP contribution in [0, 0.1) is 11.8 Å². The van der Waals surface area contributed by atoms with Gasteiger partial charge in [0.1, 0.15) is 0 Å². The van der Waals surface area contributed by atoms with Gasteiger partial charge < -0.3 is 15.2 Å².